The fourth-order valence-corrected chi connectivity index (χ4v) is 2.78. The van der Waals surface area contributed by atoms with Gasteiger partial charge in [-0.1, -0.05) is 30.3 Å². The normalized spacial score (nSPS) is 17.6. The Morgan fingerprint density at radius 3 is 2.90 bits per heavy atom. The molecule has 2 nitrogen and oxygen atoms in total. The van der Waals surface area contributed by atoms with Gasteiger partial charge in [-0.15, -0.1) is 0 Å². The van der Waals surface area contributed by atoms with Crippen LogP contribution in [0.2, 0.25) is 0 Å². The van der Waals surface area contributed by atoms with Crippen LogP contribution in [0.25, 0.3) is 0 Å². The van der Waals surface area contributed by atoms with Crippen molar-refractivity contribution < 1.29 is 9.84 Å². The van der Waals surface area contributed by atoms with Gasteiger partial charge in [-0.2, -0.15) is 0 Å². The first-order valence-electron chi connectivity index (χ1n) is 7.22. The molecule has 0 aliphatic heterocycles. The van der Waals surface area contributed by atoms with Gasteiger partial charge in [0.25, 0.3) is 0 Å². The highest BCUT2D eigenvalue weighted by atomic mass is 16.5. The van der Waals surface area contributed by atoms with Gasteiger partial charge >= 0.3 is 0 Å². The van der Waals surface area contributed by atoms with Gasteiger partial charge in [0.2, 0.25) is 0 Å². The molecule has 104 valence electrons. The quantitative estimate of drug-likeness (QED) is 0.913. The van der Waals surface area contributed by atoms with Gasteiger partial charge in [0.1, 0.15) is 12.4 Å². The van der Waals surface area contributed by atoms with Gasteiger partial charge in [-0.05, 0) is 60.6 Å². The van der Waals surface area contributed by atoms with Crippen molar-refractivity contribution in [2.75, 3.05) is 0 Å². The minimum Gasteiger partial charge on any atom is -0.489 e. The first-order chi connectivity index (χ1) is 9.74. The van der Waals surface area contributed by atoms with Crippen molar-refractivity contribution in [1.82, 2.24) is 0 Å². The minimum absolute atomic E-state index is 0.333. The molecule has 1 N–H and O–H groups in total. The average molecular weight is 268 g/mol. The standard InChI is InChI=1S/C18H20O2/c1-13-5-2-3-6-15(13)12-20-16-10-9-14-7-4-8-18(19)17(14)11-16/h2-3,5-6,9-11,18-19H,4,7-8,12H2,1H3. The lowest BCUT2D eigenvalue weighted by Crippen LogP contribution is -2.09. The maximum Gasteiger partial charge on any atom is 0.120 e. The van der Waals surface area contributed by atoms with Gasteiger partial charge in [0.05, 0.1) is 6.10 Å². The van der Waals surface area contributed by atoms with Crippen molar-refractivity contribution >= 4 is 0 Å². The SMILES string of the molecule is Cc1ccccc1COc1ccc2c(c1)C(O)CCC2. The van der Waals surface area contributed by atoms with Crippen LogP contribution in [0.1, 0.15) is 41.2 Å². The topological polar surface area (TPSA) is 29.5 Å². The van der Waals surface area contributed by atoms with Crippen molar-refractivity contribution in [3.63, 3.8) is 0 Å². The van der Waals surface area contributed by atoms with Crippen LogP contribution < -0.4 is 4.74 Å². The molecule has 1 unspecified atom stereocenters. The molecule has 0 heterocycles. The zero-order chi connectivity index (χ0) is 13.9. The smallest absolute Gasteiger partial charge is 0.120 e. The molecule has 0 aromatic heterocycles. The first-order valence-corrected chi connectivity index (χ1v) is 7.22. The van der Waals surface area contributed by atoms with Crippen molar-refractivity contribution in [3.8, 4) is 5.75 Å². The maximum absolute atomic E-state index is 10.1. The van der Waals surface area contributed by atoms with Crippen LogP contribution in [-0.2, 0) is 13.0 Å². The molecule has 3 rings (SSSR count). The van der Waals surface area contributed by atoms with E-state index in [9.17, 15) is 5.11 Å². The number of rotatable bonds is 3. The number of ether oxygens (including phenoxy) is 1. The van der Waals surface area contributed by atoms with Crippen LogP contribution in [0.3, 0.4) is 0 Å². The van der Waals surface area contributed by atoms with Crippen molar-refractivity contribution in [2.24, 2.45) is 0 Å². The molecule has 0 fully saturated rings. The highest BCUT2D eigenvalue weighted by Gasteiger charge is 2.18. The van der Waals surface area contributed by atoms with Crippen LogP contribution in [0, 0.1) is 6.92 Å². The summed E-state index contributed by atoms with van der Waals surface area (Å²) in [5.74, 6) is 0.841. The van der Waals surface area contributed by atoms with E-state index in [4.69, 9.17) is 4.74 Å². The van der Waals surface area contributed by atoms with Gasteiger partial charge in [-0.25, -0.2) is 0 Å². The number of hydrogen-bond donors (Lipinski definition) is 1. The zero-order valence-corrected chi connectivity index (χ0v) is 11.8. The Balaban J connectivity index is 1.75. The van der Waals surface area contributed by atoms with E-state index in [-0.39, 0.29) is 6.10 Å². The highest BCUT2D eigenvalue weighted by molar-refractivity contribution is 5.38. The van der Waals surface area contributed by atoms with Gasteiger partial charge in [-0.3, -0.25) is 0 Å². The Hall–Kier alpha value is -1.80. The Bertz CT molecular complexity index is 604. The molecular weight excluding hydrogens is 248 g/mol. The lowest BCUT2D eigenvalue weighted by Gasteiger charge is -2.22. The Morgan fingerprint density at radius 1 is 1.20 bits per heavy atom. The number of aryl methyl sites for hydroxylation is 2. The summed E-state index contributed by atoms with van der Waals surface area (Å²) in [6, 6.07) is 14.3. The fourth-order valence-electron chi connectivity index (χ4n) is 2.78. The van der Waals surface area contributed by atoms with Crippen LogP contribution >= 0.6 is 0 Å². The van der Waals surface area contributed by atoms with Crippen LogP contribution in [0.5, 0.6) is 5.75 Å². The molecule has 20 heavy (non-hydrogen) atoms. The summed E-state index contributed by atoms with van der Waals surface area (Å²) >= 11 is 0. The Kier molecular flexibility index (Phi) is 3.75. The molecule has 0 amide bonds. The number of aliphatic hydroxyl groups excluding tert-OH is 1. The fraction of sp³-hybridized carbons (Fsp3) is 0.333. The molecule has 0 bridgehead atoms. The van der Waals surface area contributed by atoms with E-state index in [1.54, 1.807) is 0 Å². The molecule has 2 aromatic carbocycles. The van der Waals surface area contributed by atoms with E-state index >= 15 is 0 Å². The third kappa shape index (κ3) is 2.70. The number of aliphatic hydroxyl groups is 1. The Labute approximate surface area is 120 Å². The molecule has 1 aliphatic rings. The zero-order valence-electron chi connectivity index (χ0n) is 11.8. The third-order valence-corrected chi connectivity index (χ3v) is 4.06. The van der Waals surface area contributed by atoms with Gasteiger partial charge in [0.15, 0.2) is 0 Å². The third-order valence-electron chi connectivity index (χ3n) is 4.06. The number of hydrogen-bond acceptors (Lipinski definition) is 2. The predicted molar refractivity (Wildman–Crippen MR) is 79.9 cm³/mol. The molecule has 0 radical (unpaired) electrons. The van der Waals surface area contributed by atoms with Crippen molar-refractivity contribution in [2.45, 2.75) is 38.9 Å². The van der Waals surface area contributed by atoms with Crippen LogP contribution in [0.4, 0.5) is 0 Å². The van der Waals surface area contributed by atoms with Crippen molar-refractivity contribution in [3.05, 3.63) is 64.7 Å². The largest absolute Gasteiger partial charge is 0.489 e. The van der Waals surface area contributed by atoms with E-state index in [1.807, 2.05) is 24.3 Å². The summed E-state index contributed by atoms with van der Waals surface area (Å²) in [6.45, 7) is 2.66. The summed E-state index contributed by atoms with van der Waals surface area (Å²) < 4.78 is 5.88. The van der Waals surface area contributed by atoms with E-state index in [0.29, 0.717) is 6.61 Å². The van der Waals surface area contributed by atoms with Crippen molar-refractivity contribution in [1.29, 1.82) is 0 Å². The van der Waals surface area contributed by atoms with E-state index in [2.05, 4.69) is 25.1 Å². The number of fused-ring (bicyclic) bond motifs is 1. The second-order valence-corrected chi connectivity index (χ2v) is 5.48. The molecular formula is C18H20O2. The van der Waals surface area contributed by atoms with Gasteiger partial charge in [0, 0.05) is 0 Å². The summed E-state index contributed by atoms with van der Waals surface area (Å²) in [5.41, 5.74) is 4.74. The van der Waals surface area contributed by atoms with Crippen LogP contribution in [0.15, 0.2) is 42.5 Å². The predicted octanol–water partition coefficient (Wildman–Crippen LogP) is 3.94. The van der Waals surface area contributed by atoms with E-state index in [0.717, 1.165) is 30.6 Å². The van der Waals surface area contributed by atoms with Crippen LogP contribution in [-0.4, -0.2) is 5.11 Å². The maximum atomic E-state index is 10.1. The van der Waals surface area contributed by atoms with E-state index < -0.39 is 0 Å². The monoisotopic (exact) mass is 268 g/mol. The molecule has 1 aliphatic carbocycles. The lowest BCUT2D eigenvalue weighted by atomic mass is 9.89. The summed E-state index contributed by atoms with van der Waals surface area (Å²) in [5, 5.41) is 10.1. The summed E-state index contributed by atoms with van der Waals surface area (Å²) in [7, 11) is 0. The Morgan fingerprint density at radius 2 is 2.05 bits per heavy atom. The molecule has 2 aromatic rings. The van der Waals surface area contributed by atoms with E-state index in [1.165, 1.54) is 16.7 Å². The molecule has 2 heteroatoms. The first kappa shape index (κ1) is 13.2. The highest BCUT2D eigenvalue weighted by Crippen LogP contribution is 2.32. The molecule has 0 spiro atoms. The molecule has 1 atom stereocenters. The molecule has 0 saturated heterocycles. The second kappa shape index (κ2) is 5.68. The number of benzene rings is 2. The minimum atomic E-state index is -0.333. The average Bonchev–Trinajstić information content (AvgIpc) is 2.47. The lowest BCUT2D eigenvalue weighted by molar-refractivity contribution is 0.156. The molecule has 0 saturated carbocycles. The van der Waals surface area contributed by atoms with Gasteiger partial charge < -0.3 is 9.84 Å². The summed E-state index contributed by atoms with van der Waals surface area (Å²) in [6.07, 6.45) is 2.65. The summed E-state index contributed by atoms with van der Waals surface area (Å²) in [4.78, 5) is 0. The second-order valence-electron chi connectivity index (χ2n) is 5.48.